The largest absolute Gasteiger partial charge is 0.353 e. The molecule has 0 bridgehead atoms. The molecule has 0 radical (unpaired) electrons. The summed E-state index contributed by atoms with van der Waals surface area (Å²) in [5.74, 6) is -0.0980. The number of nitrogens with one attached hydrogen (secondary N) is 1. The molecule has 1 aliphatic heterocycles. The molecule has 5 heteroatoms. The molecule has 1 unspecified atom stereocenters. The van der Waals surface area contributed by atoms with E-state index in [2.05, 4.69) is 45.9 Å². The van der Waals surface area contributed by atoms with Gasteiger partial charge in [-0.3, -0.25) is 9.69 Å². The van der Waals surface area contributed by atoms with Gasteiger partial charge in [-0.15, -0.1) is 11.3 Å². The second kappa shape index (κ2) is 7.25. The highest BCUT2D eigenvalue weighted by Crippen LogP contribution is 2.30. The summed E-state index contributed by atoms with van der Waals surface area (Å²) in [5, 5.41) is 5.16. The Bertz CT molecular complexity index is 653. The van der Waals surface area contributed by atoms with E-state index in [4.69, 9.17) is 5.73 Å². The van der Waals surface area contributed by atoms with Gasteiger partial charge in [0.2, 0.25) is 5.91 Å². The molecule has 0 saturated carbocycles. The van der Waals surface area contributed by atoms with Crippen molar-refractivity contribution in [3.63, 3.8) is 0 Å². The molecule has 2 atom stereocenters. The molecule has 2 aromatic rings. The number of nitrogens with zero attached hydrogens (tertiary/aromatic N) is 1. The lowest BCUT2D eigenvalue weighted by Crippen LogP contribution is -2.44. The molecular weight excluding hydrogens is 306 g/mol. The van der Waals surface area contributed by atoms with Crippen LogP contribution in [-0.2, 0) is 17.8 Å². The van der Waals surface area contributed by atoms with Gasteiger partial charge >= 0.3 is 0 Å². The Hall–Kier alpha value is -1.69. The normalized spacial score (nSPS) is 17.3. The Morgan fingerprint density at radius 3 is 2.87 bits per heavy atom. The standard InChI is InChI=1S/C18H23N3OS/c1-13(19)18(22)20-11-16(14-5-3-2-4-6-14)21-9-7-17-15(12-21)8-10-23-17/h2-6,8,10,13,16H,7,9,11-12,19H2,1H3,(H,20,22)/t13-,16?/m1/s1. The van der Waals surface area contributed by atoms with Crippen LogP contribution in [0, 0.1) is 0 Å². The number of carbonyl (C=O) groups is 1. The number of fused-ring (bicyclic) bond motifs is 1. The van der Waals surface area contributed by atoms with Crippen molar-refractivity contribution in [2.24, 2.45) is 5.73 Å². The molecule has 1 aromatic heterocycles. The van der Waals surface area contributed by atoms with Crippen LogP contribution < -0.4 is 11.1 Å². The van der Waals surface area contributed by atoms with Gasteiger partial charge in [0.1, 0.15) is 0 Å². The van der Waals surface area contributed by atoms with E-state index >= 15 is 0 Å². The fourth-order valence-electron chi connectivity index (χ4n) is 3.03. The van der Waals surface area contributed by atoms with Crippen LogP contribution in [0.15, 0.2) is 41.8 Å². The predicted octanol–water partition coefficient (Wildman–Crippen LogP) is 2.31. The first kappa shape index (κ1) is 16.2. The summed E-state index contributed by atoms with van der Waals surface area (Å²) in [6.45, 7) is 4.25. The molecule has 0 spiro atoms. The molecule has 1 aromatic carbocycles. The average Bonchev–Trinajstić information content (AvgIpc) is 3.03. The predicted molar refractivity (Wildman–Crippen MR) is 94.3 cm³/mol. The van der Waals surface area contributed by atoms with Crippen LogP contribution in [0.3, 0.4) is 0 Å². The van der Waals surface area contributed by atoms with E-state index in [0.29, 0.717) is 6.54 Å². The molecular formula is C18H23N3OS. The minimum Gasteiger partial charge on any atom is -0.353 e. The van der Waals surface area contributed by atoms with E-state index in [1.807, 2.05) is 17.4 Å². The molecule has 4 nitrogen and oxygen atoms in total. The summed E-state index contributed by atoms with van der Waals surface area (Å²) in [5.41, 5.74) is 8.31. The zero-order valence-corrected chi connectivity index (χ0v) is 14.2. The Balaban J connectivity index is 1.77. The lowest BCUT2D eigenvalue weighted by atomic mass is 10.0. The third kappa shape index (κ3) is 3.80. The molecule has 3 N–H and O–H groups in total. The molecule has 2 heterocycles. The van der Waals surface area contributed by atoms with Gasteiger partial charge < -0.3 is 11.1 Å². The zero-order chi connectivity index (χ0) is 16.2. The van der Waals surface area contributed by atoms with Gasteiger partial charge in [-0.25, -0.2) is 0 Å². The minimum absolute atomic E-state index is 0.0980. The summed E-state index contributed by atoms with van der Waals surface area (Å²) >= 11 is 1.84. The highest BCUT2D eigenvalue weighted by Gasteiger charge is 2.26. The van der Waals surface area contributed by atoms with Crippen molar-refractivity contribution < 1.29 is 4.79 Å². The highest BCUT2D eigenvalue weighted by atomic mass is 32.1. The second-order valence-electron chi connectivity index (χ2n) is 6.05. The fraction of sp³-hybridized carbons (Fsp3) is 0.389. The molecule has 0 saturated heterocycles. The molecule has 23 heavy (non-hydrogen) atoms. The Morgan fingerprint density at radius 2 is 2.13 bits per heavy atom. The van der Waals surface area contributed by atoms with E-state index < -0.39 is 6.04 Å². The molecule has 3 rings (SSSR count). The second-order valence-corrected chi connectivity index (χ2v) is 7.05. The first-order chi connectivity index (χ1) is 11.1. The number of rotatable bonds is 5. The van der Waals surface area contributed by atoms with Gasteiger partial charge in [-0.05, 0) is 35.9 Å². The molecule has 0 fully saturated rings. The number of amides is 1. The summed E-state index contributed by atoms with van der Waals surface area (Å²) in [6, 6.07) is 12.3. The van der Waals surface area contributed by atoms with Crippen molar-refractivity contribution in [1.82, 2.24) is 10.2 Å². The van der Waals surface area contributed by atoms with Crippen LogP contribution in [0.4, 0.5) is 0 Å². The first-order valence-electron chi connectivity index (χ1n) is 8.02. The van der Waals surface area contributed by atoms with Crippen LogP contribution in [0.2, 0.25) is 0 Å². The Morgan fingerprint density at radius 1 is 1.35 bits per heavy atom. The van der Waals surface area contributed by atoms with Crippen molar-refractivity contribution >= 4 is 17.2 Å². The number of hydrogen-bond acceptors (Lipinski definition) is 4. The molecule has 1 amide bonds. The first-order valence-corrected chi connectivity index (χ1v) is 8.90. The number of hydrogen-bond donors (Lipinski definition) is 2. The van der Waals surface area contributed by atoms with E-state index in [0.717, 1.165) is 19.5 Å². The smallest absolute Gasteiger partial charge is 0.236 e. The third-order valence-electron chi connectivity index (χ3n) is 4.35. The number of benzene rings is 1. The van der Waals surface area contributed by atoms with Crippen molar-refractivity contribution in [3.8, 4) is 0 Å². The fourth-order valence-corrected chi connectivity index (χ4v) is 3.92. The molecule has 122 valence electrons. The Labute approximate surface area is 141 Å². The lowest BCUT2D eigenvalue weighted by Gasteiger charge is -2.35. The van der Waals surface area contributed by atoms with Crippen molar-refractivity contribution in [2.75, 3.05) is 13.1 Å². The van der Waals surface area contributed by atoms with Crippen LogP contribution in [0.25, 0.3) is 0 Å². The van der Waals surface area contributed by atoms with Gasteiger partial charge in [-0.1, -0.05) is 30.3 Å². The third-order valence-corrected chi connectivity index (χ3v) is 5.37. The number of carbonyl (C=O) groups excluding carboxylic acids is 1. The molecule has 1 aliphatic rings. The van der Waals surface area contributed by atoms with Crippen molar-refractivity contribution in [2.45, 2.75) is 32.0 Å². The van der Waals surface area contributed by atoms with Crippen molar-refractivity contribution in [3.05, 3.63) is 57.8 Å². The maximum Gasteiger partial charge on any atom is 0.236 e. The number of thiophene rings is 1. The van der Waals surface area contributed by atoms with Gasteiger partial charge in [0.25, 0.3) is 0 Å². The Kier molecular flexibility index (Phi) is 5.10. The van der Waals surface area contributed by atoms with E-state index in [1.54, 1.807) is 6.92 Å². The highest BCUT2D eigenvalue weighted by molar-refractivity contribution is 7.10. The van der Waals surface area contributed by atoms with Crippen molar-refractivity contribution in [1.29, 1.82) is 0 Å². The van der Waals surface area contributed by atoms with Crippen LogP contribution in [0.1, 0.15) is 29.0 Å². The maximum atomic E-state index is 11.9. The summed E-state index contributed by atoms with van der Waals surface area (Å²) < 4.78 is 0. The summed E-state index contributed by atoms with van der Waals surface area (Å²) in [7, 11) is 0. The minimum atomic E-state index is -0.476. The average molecular weight is 329 g/mol. The maximum absolute atomic E-state index is 11.9. The van der Waals surface area contributed by atoms with Crippen LogP contribution in [0.5, 0.6) is 0 Å². The van der Waals surface area contributed by atoms with Crippen LogP contribution >= 0.6 is 11.3 Å². The van der Waals surface area contributed by atoms with Gasteiger partial charge in [0.15, 0.2) is 0 Å². The lowest BCUT2D eigenvalue weighted by molar-refractivity contribution is -0.122. The summed E-state index contributed by atoms with van der Waals surface area (Å²) in [4.78, 5) is 15.8. The SMILES string of the molecule is C[C@@H](N)C(=O)NCC(c1ccccc1)N1CCc2sccc2C1. The zero-order valence-electron chi connectivity index (χ0n) is 13.4. The van der Waals surface area contributed by atoms with E-state index in [-0.39, 0.29) is 11.9 Å². The van der Waals surface area contributed by atoms with Crippen LogP contribution in [-0.4, -0.2) is 29.9 Å². The van der Waals surface area contributed by atoms with E-state index in [1.165, 1.54) is 16.0 Å². The quantitative estimate of drug-likeness (QED) is 0.885. The number of nitrogens with two attached hydrogens (primary N) is 1. The van der Waals surface area contributed by atoms with Gasteiger partial charge in [0, 0.05) is 24.5 Å². The summed E-state index contributed by atoms with van der Waals surface area (Å²) in [6.07, 6.45) is 1.08. The topological polar surface area (TPSA) is 58.4 Å². The van der Waals surface area contributed by atoms with E-state index in [9.17, 15) is 4.79 Å². The van der Waals surface area contributed by atoms with Gasteiger partial charge in [-0.2, -0.15) is 0 Å². The van der Waals surface area contributed by atoms with Gasteiger partial charge in [0.05, 0.1) is 12.1 Å². The molecule has 0 aliphatic carbocycles. The monoisotopic (exact) mass is 329 g/mol.